The highest BCUT2D eigenvalue weighted by molar-refractivity contribution is 7.71. The molecule has 2 aromatic rings. The van der Waals surface area contributed by atoms with E-state index in [4.69, 9.17) is 12.2 Å². The number of hydrogen-bond donors (Lipinski definition) is 4. The van der Waals surface area contributed by atoms with Crippen molar-refractivity contribution < 1.29 is 14.6 Å². The van der Waals surface area contributed by atoms with E-state index in [2.05, 4.69) is 15.4 Å². The summed E-state index contributed by atoms with van der Waals surface area (Å²) in [7, 11) is 0. The van der Waals surface area contributed by atoms with Crippen molar-refractivity contribution in [1.82, 2.24) is 20.1 Å². The predicted octanol–water partition coefficient (Wildman–Crippen LogP) is -1.37. The van der Waals surface area contributed by atoms with Crippen molar-refractivity contribution in [3.8, 4) is 11.4 Å². The van der Waals surface area contributed by atoms with Crippen LogP contribution in [0.5, 0.6) is 0 Å². The number of aromatic amines is 1. The minimum absolute atomic E-state index is 0.203. The summed E-state index contributed by atoms with van der Waals surface area (Å²) < 4.78 is 2.55. The van der Waals surface area contributed by atoms with Gasteiger partial charge in [-0.25, -0.2) is 4.68 Å². The van der Waals surface area contributed by atoms with Crippen LogP contribution in [0.3, 0.4) is 0 Å². The molecule has 1 aromatic heterocycles. The van der Waals surface area contributed by atoms with Crippen LogP contribution in [0, 0.1) is 4.77 Å². The minimum Gasteiger partial charge on any atom is -0.348 e. The maximum atomic E-state index is 11.9. The number of amides is 1. The molecule has 1 aromatic carbocycles. The highest BCUT2D eigenvalue weighted by Crippen LogP contribution is 2.18. The summed E-state index contributed by atoms with van der Waals surface area (Å²) in [5.74, 6) is 1.02. The zero-order valence-corrected chi connectivity index (χ0v) is 15.6. The van der Waals surface area contributed by atoms with Crippen LogP contribution in [0.4, 0.5) is 0 Å². The number of benzene rings is 1. The molecule has 2 heterocycles. The first-order valence-corrected chi connectivity index (χ1v) is 9.77. The smallest absolute Gasteiger partial charge is 0.275 e. The summed E-state index contributed by atoms with van der Waals surface area (Å²) in [5, 5.41) is 6.41. The molecule has 138 valence electrons. The molecule has 4 rings (SSSR count). The van der Waals surface area contributed by atoms with E-state index in [0.717, 1.165) is 57.1 Å². The van der Waals surface area contributed by atoms with Crippen molar-refractivity contribution in [2.45, 2.75) is 25.6 Å². The van der Waals surface area contributed by atoms with Gasteiger partial charge in [-0.3, -0.25) is 9.89 Å². The molecule has 2 aliphatic rings. The number of aromatic nitrogens is 3. The van der Waals surface area contributed by atoms with Gasteiger partial charge >= 0.3 is 0 Å². The number of nitrogens with zero attached hydrogens (tertiary/aromatic N) is 2. The molecular weight excluding hydrogens is 348 g/mol. The van der Waals surface area contributed by atoms with Gasteiger partial charge in [0.25, 0.3) is 5.91 Å². The van der Waals surface area contributed by atoms with E-state index >= 15 is 0 Å². The van der Waals surface area contributed by atoms with Crippen LogP contribution < -0.4 is 15.1 Å². The van der Waals surface area contributed by atoms with E-state index in [1.165, 1.54) is 9.80 Å². The Labute approximate surface area is 158 Å². The van der Waals surface area contributed by atoms with Crippen molar-refractivity contribution in [3.63, 3.8) is 0 Å². The van der Waals surface area contributed by atoms with E-state index in [1.807, 2.05) is 35.0 Å². The average molecular weight is 375 g/mol. The molecule has 26 heavy (non-hydrogen) atoms. The molecule has 0 unspecified atom stereocenters. The van der Waals surface area contributed by atoms with Crippen LogP contribution >= 0.6 is 12.2 Å². The fourth-order valence-corrected chi connectivity index (χ4v) is 3.64. The van der Waals surface area contributed by atoms with E-state index in [0.29, 0.717) is 17.4 Å². The third-order valence-corrected chi connectivity index (χ3v) is 5.44. The largest absolute Gasteiger partial charge is 0.348 e. The predicted molar refractivity (Wildman–Crippen MR) is 100 cm³/mol. The zero-order chi connectivity index (χ0) is 17.9. The summed E-state index contributed by atoms with van der Waals surface area (Å²) in [6.45, 7) is 5.49. The second-order valence-electron chi connectivity index (χ2n) is 7.33. The van der Waals surface area contributed by atoms with E-state index < -0.39 is 0 Å². The molecule has 2 fully saturated rings. The lowest BCUT2D eigenvalue weighted by Gasteiger charge is -2.29. The van der Waals surface area contributed by atoms with Gasteiger partial charge in [-0.15, -0.1) is 0 Å². The Bertz CT molecular complexity index is 805. The van der Waals surface area contributed by atoms with E-state index in [9.17, 15) is 4.79 Å². The minimum atomic E-state index is 0.203. The van der Waals surface area contributed by atoms with Crippen LogP contribution in [0.2, 0.25) is 0 Å². The van der Waals surface area contributed by atoms with Crippen LogP contribution in [0.1, 0.15) is 12.8 Å². The molecule has 4 N–H and O–H groups in total. The average Bonchev–Trinajstić information content (AvgIpc) is 3.39. The number of rotatable bonds is 6. The van der Waals surface area contributed by atoms with Crippen LogP contribution in [-0.2, 0) is 11.5 Å². The molecule has 7 nitrogen and oxygen atoms in total. The Morgan fingerprint density at radius 3 is 2.58 bits per heavy atom. The molecule has 1 amide bonds. The Kier molecular flexibility index (Phi) is 5.14. The van der Waals surface area contributed by atoms with Gasteiger partial charge in [-0.1, -0.05) is 30.3 Å². The van der Waals surface area contributed by atoms with E-state index in [1.54, 1.807) is 0 Å². The quantitative estimate of drug-likeness (QED) is 0.472. The van der Waals surface area contributed by atoms with Crippen molar-refractivity contribution in [2.75, 3.05) is 32.7 Å². The first kappa shape index (κ1) is 17.4. The zero-order valence-electron chi connectivity index (χ0n) is 14.8. The van der Waals surface area contributed by atoms with Gasteiger partial charge in [0, 0.05) is 11.6 Å². The van der Waals surface area contributed by atoms with Crippen LogP contribution in [-0.4, -0.2) is 59.4 Å². The lowest BCUT2D eigenvalue weighted by Crippen LogP contribution is -3.28. The standard InChI is InChI=1S/C18H24N6OS/c25-16(19-15-6-7-15)12-22-8-10-23(11-9-22)13-24-18(26)20-17(21-24)14-4-2-1-3-5-14/h1-5,15H,6-13H2,(H,19,25)(H,20,21,26)/p+2. The second-order valence-corrected chi connectivity index (χ2v) is 7.69. The monoisotopic (exact) mass is 374 g/mol. The highest BCUT2D eigenvalue weighted by Gasteiger charge is 2.28. The third-order valence-electron chi connectivity index (χ3n) is 5.13. The van der Waals surface area contributed by atoms with Gasteiger partial charge in [0.2, 0.25) is 4.77 Å². The van der Waals surface area contributed by atoms with Crippen LogP contribution in [0.15, 0.2) is 30.3 Å². The molecule has 0 atom stereocenters. The number of carbonyl (C=O) groups excluding carboxylic acids is 1. The molecule has 0 bridgehead atoms. The topological polar surface area (TPSA) is 71.6 Å². The molecule has 8 heteroatoms. The Morgan fingerprint density at radius 2 is 1.88 bits per heavy atom. The molecule has 0 radical (unpaired) electrons. The molecule has 1 aliphatic heterocycles. The van der Waals surface area contributed by atoms with Gasteiger partial charge < -0.3 is 15.1 Å². The van der Waals surface area contributed by atoms with Gasteiger partial charge in [0.05, 0.1) is 0 Å². The number of H-pyrrole nitrogens is 1. The number of piperazine rings is 1. The second kappa shape index (κ2) is 7.69. The number of quaternary nitrogens is 2. The van der Waals surface area contributed by atoms with E-state index in [-0.39, 0.29) is 5.91 Å². The normalized spacial score (nSPS) is 22.9. The summed E-state index contributed by atoms with van der Waals surface area (Å²) in [4.78, 5) is 19.3. The third kappa shape index (κ3) is 4.38. The fraction of sp³-hybridized carbons (Fsp3) is 0.500. The van der Waals surface area contributed by atoms with Gasteiger partial charge in [0.1, 0.15) is 26.2 Å². The van der Waals surface area contributed by atoms with Crippen molar-refractivity contribution in [1.29, 1.82) is 0 Å². The lowest BCUT2D eigenvalue weighted by atomic mass is 10.2. The number of nitrogens with one attached hydrogen (secondary N) is 4. The number of hydrogen-bond acceptors (Lipinski definition) is 3. The maximum Gasteiger partial charge on any atom is 0.275 e. The first-order valence-electron chi connectivity index (χ1n) is 9.36. The van der Waals surface area contributed by atoms with Gasteiger partial charge in [-0.05, 0) is 25.1 Å². The van der Waals surface area contributed by atoms with Crippen molar-refractivity contribution in [2.24, 2.45) is 0 Å². The molecule has 1 saturated carbocycles. The molecule has 1 saturated heterocycles. The molecule has 1 aliphatic carbocycles. The summed E-state index contributed by atoms with van der Waals surface area (Å²) in [6, 6.07) is 10.5. The van der Waals surface area contributed by atoms with Gasteiger partial charge in [-0.2, -0.15) is 4.98 Å². The summed E-state index contributed by atoms with van der Waals surface area (Å²) in [6.07, 6.45) is 2.30. The lowest BCUT2D eigenvalue weighted by molar-refractivity contribution is -1.02. The SMILES string of the molecule is O=C(C[NH+]1CC[NH+](Cn2[nH]c(-c3ccccc3)nc2=S)CC1)NC1CC1. The van der Waals surface area contributed by atoms with Crippen molar-refractivity contribution in [3.05, 3.63) is 35.1 Å². The Balaban J connectivity index is 1.29. The first-order chi connectivity index (χ1) is 12.7. The summed E-state index contributed by atoms with van der Waals surface area (Å²) >= 11 is 5.42. The molecular formula is C18H26N6OS+2. The molecule has 0 spiro atoms. The fourth-order valence-electron chi connectivity index (χ4n) is 3.44. The Morgan fingerprint density at radius 1 is 1.19 bits per heavy atom. The number of carbonyl (C=O) groups is 1. The highest BCUT2D eigenvalue weighted by atomic mass is 32.1. The van der Waals surface area contributed by atoms with Gasteiger partial charge in [0.15, 0.2) is 19.0 Å². The summed E-state index contributed by atoms with van der Waals surface area (Å²) in [5.41, 5.74) is 1.04. The van der Waals surface area contributed by atoms with Crippen LogP contribution in [0.25, 0.3) is 11.4 Å². The Hall–Kier alpha value is -2.03. The maximum absolute atomic E-state index is 11.9. The van der Waals surface area contributed by atoms with Crippen molar-refractivity contribution >= 4 is 18.1 Å².